The van der Waals surface area contributed by atoms with Crippen molar-refractivity contribution >= 4 is 56.0 Å². The van der Waals surface area contributed by atoms with E-state index in [1.165, 1.54) is 49.6 Å². The molecular formula is C22H16ClN4O5S-. The van der Waals surface area contributed by atoms with Gasteiger partial charge in [-0.15, -0.1) is 0 Å². The average molecular weight is 484 g/mol. The summed E-state index contributed by atoms with van der Waals surface area (Å²) in [5.41, 5.74) is 1.07. The van der Waals surface area contributed by atoms with Gasteiger partial charge in [0, 0.05) is 5.02 Å². The van der Waals surface area contributed by atoms with Crippen molar-refractivity contribution in [1.82, 2.24) is 9.97 Å². The second kappa shape index (κ2) is 8.93. The number of para-hydroxylation sites is 2. The van der Waals surface area contributed by atoms with Crippen molar-refractivity contribution in [3.8, 4) is 5.75 Å². The maximum Gasteiger partial charge on any atom is 0.263 e. The average Bonchev–Trinajstić information content (AvgIpc) is 2.79. The number of carbonyl (C=O) groups excluding carboxylic acids is 1. The summed E-state index contributed by atoms with van der Waals surface area (Å²) in [5.74, 6) is -1.12. The van der Waals surface area contributed by atoms with Crippen LogP contribution in [0.15, 0.2) is 71.6 Å². The number of halogens is 1. The topological polar surface area (TPSA) is 133 Å². The quantitative estimate of drug-likeness (QED) is 0.409. The van der Waals surface area contributed by atoms with E-state index >= 15 is 0 Å². The summed E-state index contributed by atoms with van der Waals surface area (Å²) < 4.78 is 33.6. The molecule has 11 heteroatoms. The number of hydrogen-bond acceptors (Lipinski definition) is 8. The molecule has 0 atom stereocenters. The molecule has 0 aliphatic heterocycles. The minimum absolute atomic E-state index is 0.0238. The third-order valence-corrected chi connectivity index (χ3v) is 6.22. The number of carbonyl (C=O) groups is 1. The molecule has 4 rings (SSSR count). The zero-order valence-electron chi connectivity index (χ0n) is 17.1. The smallest absolute Gasteiger partial charge is 0.263 e. The summed E-state index contributed by atoms with van der Waals surface area (Å²) >= 11 is 5.86. The maximum absolute atomic E-state index is 13.0. The first-order valence-corrected chi connectivity index (χ1v) is 11.3. The largest absolute Gasteiger partial charge is 0.545 e. The fourth-order valence-corrected chi connectivity index (χ4v) is 4.15. The Morgan fingerprint density at radius 2 is 1.61 bits per heavy atom. The van der Waals surface area contributed by atoms with Crippen molar-refractivity contribution in [1.29, 1.82) is 0 Å². The van der Waals surface area contributed by atoms with Gasteiger partial charge in [-0.25, -0.2) is 18.4 Å². The van der Waals surface area contributed by atoms with Gasteiger partial charge < -0.3 is 20.0 Å². The molecule has 1 heterocycles. The highest BCUT2D eigenvalue weighted by Gasteiger charge is 2.20. The molecule has 0 aliphatic rings. The number of rotatable bonds is 7. The van der Waals surface area contributed by atoms with E-state index in [0.29, 0.717) is 21.8 Å². The maximum atomic E-state index is 13.0. The van der Waals surface area contributed by atoms with Crippen molar-refractivity contribution in [2.24, 2.45) is 0 Å². The zero-order valence-corrected chi connectivity index (χ0v) is 18.6. The Balaban J connectivity index is 1.81. The van der Waals surface area contributed by atoms with Crippen LogP contribution in [0.4, 0.5) is 17.3 Å². The second-order valence-corrected chi connectivity index (χ2v) is 8.92. The number of carboxylic acids is 1. The molecule has 1 aromatic heterocycles. The summed E-state index contributed by atoms with van der Waals surface area (Å²) in [6.45, 7) is 0. The Hall–Kier alpha value is -3.89. The number of methoxy groups -OCH3 is 1. The number of nitrogens with one attached hydrogen (secondary N) is 2. The first-order valence-electron chi connectivity index (χ1n) is 9.48. The van der Waals surface area contributed by atoms with Crippen LogP contribution in [-0.2, 0) is 10.0 Å². The summed E-state index contributed by atoms with van der Waals surface area (Å²) in [6, 6.07) is 16.6. The molecule has 0 unspecified atom stereocenters. The van der Waals surface area contributed by atoms with Crippen molar-refractivity contribution in [3.05, 3.63) is 77.3 Å². The van der Waals surface area contributed by atoms with Crippen LogP contribution in [0.2, 0.25) is 5.02 Å². The molecule has 3 aromatic carbocycles. The Bertz CT molecular complexity index is 1460. The van der Waals surface area contributed by atoms with Gasteiger partial charge in [0.2, 0.25) is 0 Å². The number of benzene rings is 3. The lowest BCUT2D eigenvalue weighted by Crippen LogP contribution is -2.22. The van der Waals surface area contributed by atoms with Gasteiger partial charge in [-0.2, -0.15) is 0 Å². The van der Waals surface area contributed by atoms with Crippen LogP contribution < -0.4 is 19.9 Å². The van der Waals surface area contributed by atoms with Crippen molar-refractivity contribution in [2.75, 3.05) is 17.1 Å². The lowest BCUT2D eigenvalue weighted by atomic mass is 10.2. The molecule has 0 bridgehead atoms. The summed E-state index contributed by atoms with van der Waals surface area (Å²) in [7, 11) is -2.63. The van der Waals surface area contributed by atoms with Crippen LogP contribution in [0.1, 0.15) is 10.4 Å². The number of ether oxygens (including phenoxy) is 1. The Morgan fingerprint density at radius 1 is 0.970 bits per heavy atom. The number of aromatic carboxylic acids is 1. The standard InChI is InChI=1S/C22H17ClN4O5S/c1-32-19-11-6-13(22(28)29)12-18(19)26-20-21(25-17-5-3-2-4-16(17)24-20)27-33(30,31)15-9-7-14(23)8-10-15/h2-12H,1H3,(H,24,26)(H,25,27)(H,28,29)/p-1. The van der Waals surface area contributed by atoms with Crippen molar-refractivity contribution in [3.63, 3.8) is 0 Å². The summed E-state index contributed by atoms with van der Waals surface area (Å²) in [5, 5.41) is 14.6. The van der Waals surface area contributed by atoms with Gasteiger partial charge in [-0.1, -0.05) is 23.7 Å². The van der Waals surface area contributed by atoms with Gasteiger partial charge in [-0.3, -0.25) is 4.72 Å². The van der Waals surface area contributed by atoms with Crippen LogP contribution in [0.25, 0.3) is 11.0 Å². The number of anilines is 3. The van der Waals surface area contributed by atoms with E-state index in [2.05, 4.69) is 20.0 Å². The van der Waals surface area contributed by atoms with Gasteiger partial charge in [0.1, 0.15) is 5.75 Å². The fraction of sp³-hybridized carbons (Fsp3) is 0.0455. The highest BCUT2D eigenvalue weighted by atomic mass is 35.5. The molecule has 0 fully saturated rings. The number of nitrogens with zero attached hydrogens (tertiary/aromatic N) is 2. The molecular weight excluding hydrogens is 468 g/mol. The molecule has 168 valence electrons. The predicted molar refractivity (Wildman–Crippen MR) is 122 cm³/mol. The summed E-state index contributed by atoms with van der Waals surface area (Å²) in [6.07, 6.45) is 0. The molecule has 0 spiro atoms. The highest BCUT2D eigenvalue weighted by molar-refractivity contribution is 7.92. The van der Waals surface area contributed by atoms with Gasteiger partial charge >= 0.3 is 0 Å². The monoisotopic (exact) mass is 483 g/mol. The lowest BCUT2D eigenvalue weighted by molar-refractivity contribution is -0.255. The first-order chi connectivity index (χ1) is 15.8. The van der Waals surface area contributed by atoms with Gasteiger partial charge in [0.15, 0.2) is 11.6 Å². The molecule has 4 aromatic rings. The van der Waals surface area contributed by atoms with E-state index in [-0.39, 0.29) is 27.8 Å². The number of fused-ring (bicyclic) bond motifs is 1. The van der Waals surface area contributed by atoms with Gasteiger partial charge in [0.25, 0.3) is 10.0 Å². The minimum atomic E-state index is -4.04. The third-order valence-electron chi connectivity index (χ3n) is 4.61. The molecule has 9 nitrogen and oxygen atoms in total. The highest BCUT2D eigenvalue weighted by Crippen LogP contribution is 2.32. The normalized spacial score (nSPS) is 11.2. The number of aromatic nitrogens is 2. The molecule has 0 radical (unpaired) electrons. The van der Waals surface area contributed by atoms with E-state index in [0.717, 1.165) is 0 Å². The van der Waals surface area contributed by atoms with Crippen molar-refractivity contribution < 1.29 is 23.1 Å². The van der Waals surface area contributed by atoms with E-state index in [4.69, 9.17) is 16.3 Å². The summed E-state index contributed by atoms with van der Waals surface area (Å²) in [4.78, 5) is 20.2. The van der Waals surface area contributed by atoms with Crippen LogP contribution in [0, 0.1) is 0 Å². The van der Waals surface area contributed by atoms with E-state index in [9.17, 15) is 18.3 Å². The van der Waals surface area contributed by atoms with E-state index in [1.54, 1.807) is 24.3 Å². The number of carboxylic acid groups (broad SMARTS) is 1. The first kappa shape index (κ1) is 22.3. The van der Waals surface area contributed by atoms with Crippen molar-refractivity contribution in [2.45, 2.75) is 4.90 Å². The molecule has 0 aliphatic carbocycles. The van der Waals surface area contributed by atoms with E-state index < -0.39 is 16.0 Å². The molecule has 2 N–H and O–H groups in total. The van der Waals surface area contributed by atoms with Crippen LogP contribution in [-0.4, -0.2) is 31.5 Å². The zero-order chi connectivity index (χ0) is 23.6. The second-order valence-electron chi connectivity index (χ2n) is 6.80. The van der Waals surface area contributed by atoms with Gasteiger partial charge in [-0.05, 0) is 60.2 Å². The van der Waals surface area contributed by atoms with Crippen LogP contribution in [0.5, 0.6) is 5.75 Å². The lowest BCUT2D eigenvalue weighted by Gasteiger charge is -2.16. The SMILES string of the molecule is COc1ccc(C(=O)[O-])cc1Nc1nc2ccccc2nc1NS(=O)(=O)c1ccc(Cl)cc1. The Morgan fingerprint density at radius 3 is 2.21 bits per heavy atom. The Kier molecular flexibility index (Phi) is 6.03. The molecule has 0 saturated carbocycles. The molecule has 0 saturated heterocycles. The Labute approximate surface area is 194 Å². The molecule has 33 heavy (non-hydrogen) atoms. The number of sulfonamides is 1. The fourth-order valence-electron chi connectivity index (χ4n) is 3.02. The number of hydrogen-bond donors (Lipinski definition) is 2. The van der Waals surface area contributed by atoms with Gasteiger partial charge in [0.05, 0.1) is 34.7 Å². The minimum Gasteiger partial charge on any atom is -0.545 e. The third kappa shape index (κ3) is 4.81. The van der Waals surface area contributed by atoms with Crippen LogP contribution >= 0.6 is 11.6 Å². The van der Waals surface area contributed by atoms with Crippen LogP contribution in [0.3, 0.4) is 0 Å². The van der Waals surface area contributed by atoms with E-state index in [1.807, 2.05) is 0 Å². The molecule has 0 amide bonds. The predicted octanol–water partition coefficient (Wildman–Crippen LogP) is 3.20.